The summed E-state index contributed by atoms with van der Waals surface area (Å²) >= 11 is 0. The Morgan fingerprint density at radius 3 is 2.74 bits per heavy atom. The van der Waals surface area contributed by atoms with E-state index in [0.717, 1.165) is 41.1 Å². The van der Waals surface area contributed by atoms with Gasteiger partial charge in [-0.25, -0.2) is 18.4 Å². The van der Waals surface area contributed by atoms with Gasteiger partial charge in [-0.15, -0.1) is 0 Å². The van der Waals surface area contributed by atoms with Gasteiger partial charge in [0.2, 0.25) is 10.0 Å². The third kappa shape index (κ3) is 3.04. The molecule has 1 aliphatic rings. The summed E-state index contributed by atoms with van der Waals surface area (Å²) in [4.78, 5) is 9.58. The molecule has 0 bridgehead atoms. The van der Waals surface area contributed by atoms with Crippen LogP contribution < -0.4 is 0 Å². The van der Waals surface area contributed by atoms with Crippen LogP contribution in [0.25, 0.3) is 11.2 Å². The highest BCUT2D eigenvalue weighted by atomic mass is 32.2. The lowest BCUT2D eigenvalue weighted by atomic mass is 10.1. The third-order valence-corrected chi connectivity index (χ3v) is 7.34. The smallest absolute Gasteiger partial charge is 0.243 e. The fourth-order valence-electron chi connectivity index (χ4n) is 3.78. The highest BCUT2D eigenvalue weighted by Crippen LogP contribution is 2.32. The van der Waals surface area contributed by atoms with Crippen LogP contribution in [0.15, 0.2) is 41.4 Å². The lowest BCUT2D eigenvalue weighted by Crippen LogP contribution is -2.29. The normalized spacial score (nSPS) is 18.4. The van der Waals surface area contributed by atoms with Gasteiger partial charge in [-0.1, -0.05) is 6.07 Å². The van der Waals surface area contributed by atoms with Crippen molar-refractivity contribution < 1.29 is 8.42 Å². The average Bonchev–Trinajstić information content (AvgIpc) is 3.28. The van der Waals surface area contributed by atoms with Gasteiger partial charge in [-0.05, 0) is 62.6 Å². The van der Waals surface area contributed by atoms with Gasteiger partial charge in [-0.3, -0.25) is 0 Å². The number of hydrogen-bond acceptors (Lipinski definition) is 4. The lowest BCUT2D eigenvalue weighted by Gasteiger charge is -2.17. The molecule has 7 heteroatoms. The van der Waals surface area contributed by atoms with Crippen molar-refractivity contribution in [3.05, 3.63) is 53.5 Å². The Kier molecular flexibility index (Phi) is 4.52. The molecule has 142 valence electrons. The first-order valence-electron chi connectivity index (χ1n) is 9.30. The molecule has 1 aromatic carbocycles. The molecule has 2 aromatic heterocycles. The maximum absolute atomic E-state index is 13.1. The first kappa shape index (κ1) is 18.1. The lowest BCUT2D eigenvalue weighted by molar-refractivity contribution is 0.469. The second-order valence-corrected chi connectivity index (χ2v) is 9.09. The van der Waals surface area contributed by atoms with E-state index < -0.39 is 10.0 Å². The number of rotatable bonds is 4. The summed E-state index contributed by atoms with van der Waals surface area (Å²) < 4.78 is 29.9. The fraction of sp³-hybridized carbons (Fsp3) is 0.400. The van der Waals surface area contributed by atoms with E-state index in [0.29, 0.717) is 18.0 Å². The Balaban J connectivity index is 1.64. The predicted molar refractivity (Wildman–Crippen MR) is 105 cm³/mol. The second-order valence-electron chi connectivity index (χ2n) is 7.16. The van der Waals surface area contributed by atoms with Crippen molar-refractivity contribution in [1.82, 2.24) is 18.8 Å². The van der Waals surface area contributed by atoms with Crippen LogP contribution in [0.3, 0.4) is 0 Å². The van der Waals surface area contributed by atoms with Gasteiger partial charge >= 0.3 is 0 Å². The van der Waals surface area contributed by atoms with E-state index in [1.807, 2.05) is 32.0 Å². The van der Waals surface area contributed by atoms with Crippen LogP contribution in [0.2, 0.25) is 0 Å². The molecule has 0 aliphatic carbocycles. The topological polar surface area (TPSA) is 68.1 Å². The molecule has 3 heterocycles. The highest BCUT2D eigenvalue weighted by Gasteiger charge is 2.35. The summed E-state index contributed by atoms with van der Waals surface area (Å²) in [6.07, 6.45) is 2.54. The van der Waals surface area contributed by atoms with Crippen LogP contribution >= 0.6 is 0 Å². The summed E-state index contributed by atoms with van der Waals surface area (Å²) in [5.41, 5.74) is 3.82. The van der Waals surface area contributed by atoms with Crippen LogP contribution in [0.5, 0.6) is 0 Å². The minimum atomic E-state index is -3.49. The molecule has 1 saturated heterocycles. The number of fused-ring (bicyclic) bond motifs is 1. The highest BCUT2D eigenvalue weighted by molar-refractivity contribution is 7.89. The minimum Gasteiger partial charge on any atom is -0.313 e. The molecule has 0 amide bonds. The molecule has 3 aromatic rings. The Morgan fingerprint density at radius 2 is 2.00 bits per heavy atom. The van der Waals surface area contributed by atoms with Gasteiger partial charge in [0.05, 0.1) is 4.90 Å². The number of imidazole rings is 1. The first-order valence-corrected chi connectivity index (χ1v) is 10.7. The van der Waals surface area contributed by atoms with Crippen LogP contribution in [0, 0.1) is 13.8 Å². The van der Waals surface area contributed by atoms with E-state index in [2.05, 4.69) is 16.5 Å². The van der Waals surface area contributed by atoms with Crippen molar-refractivity contribution in [2.45, 2.75) is 44.6 Å². The van der Waals surface area contributed by atoms with Crippen LogP contribution in [-0.4, -0.2) is 40.3 Å². The van der Waals surface area contributed by atoms with Crippen molar-refractivity contribution in [3.8, 4) is 0 Å². The Hall–Kier alpha value is -2.25. The summed E-state index contributed by atoms with van der Waals surface area (Å²) in [5, 5.41) is 0. The van der Waals surface area contributed by atoms with E-state index in [9.17, 15) is 8.42 Å². The van der Waals surface area contributed by atoms with Crippen molar-refractivity contribution in [1.29, 1.82) is 0 Å². The zero-order valence-corrected chi connectivity index (χ0v) is 16.7. The molecule has 1 atom stereocenters. The number of sulfonamides is 1. The van der Waals surface area contributed by atoms with Gasteiger partial charge in [0.15, 0.2) is 5.65 Å². The summed E-state index contributed by atoms with van der Waals surface area (Å²) in [6, 6.07) is 9.18. The quantitative estimate of drug-likeness (QED) is 0.692. The number of aromatic nitrogens is 3. The van der Waals surface area contributed by atoms with Gasteiger partial charge < -0.3 is 4.57 Å². The third-order valence-electron chi connectivity index (χ3n) is 5.48. The molecule has 0 N–H and O–H groups in total. The molecular weight excluding hydrogens is 360 g/mol. The second kappa shape index (κ2) is 6.73. The number of aryl methyl sites for hydroxylation is 3. The number of nitrogens with zero attached hydrogens (tertiary/aromatic N) is 4. The predicted octanol–water partition coefficient (Wildman–Crippen LogP) is 3.25. The number of pyridine rings is 1. The molecule has 6 nitrogen and oxygen atoms in total. The monoisotopic (exact) mass is 384 g/mol. The van der Waals surface area contributed by atoms with E-state index >= 15 is 0 Å². The zero-order valence-electron chi connectivity index (χ0n) is 15.9. The summed E-state index contributed by atoms with van der Waals surface area (Å²) in [5.74, 6) is 1.02. The molecule has 0 saturated carbocycles. The first-order chi connectivity index (χ1) is 12.9. The Labute approximate surface area is 159 Å². The molecule has 0 spiro atoms. The average molecular weight is 385 g/mol. The fourth-order valence-corrected chi connectivity index (χ4v) is 5.37. The van der Waals surface area contributed by atoms with Gasteiger partial charge in [0.25, 0.3) is 0 Å². The van der Waals surface area contributed by atoms with Crippen LogP contribution in [0.4, 0.5) is 0 Å². The van der Waals surface area contributed by atoms with Crippen LogP contribution in [0.1, 0.15) is 36.2 Å². The molecule has 1 aliphatic heterocycles. The molecule has 1 unspecified atom stereocenters. The number of hydrogen-bond donors (Lipinski definition) is 0. The van der Waals surface area contributed by atoms with E-state index in [1.165, 1.54) is 0 Å². The summed E-state index contributed by atoms with van der Waals surface area (Å²) in [6.45, 7) is 7.73. The van der Waals surface area contributed by atoms with Crippen molar-refractivity contribution in [2.75, 3.05) is 13.1 Å². The Morgan fingerprint density at radius 1 is 1.19 bits per heavy atom. The summed E-state index contributed by atoms with van der Waals surface area (Å²) in [7, 11) is -3.49. The van der Waals surface area contributed by atoms with Crippen molar-refractivity contribution in [2.24, 2.45) is 0 Å². The molecule has 1 fully saturated rings. The van der Waals surface area contributed by atoms with Gasteiger partial charge in [0, 0.05) is 31.7 Å². The van der Waals surface area contributed by atoms with Crippen LogP contribution in [-0.2, 0) is 16.6 Å². The van der Waals surface area contributed by atoms with Crippen molar-refractivity contribution in [3.63, 3.8) is 0 Å². The standard InChI is InChI=1S/C20H24N4O2S/c1-4-24-19(22-18-6-5-10-21-20(18)24)16-9-11-23(13-16)27(25,26)17-8-7-14(2)15(3)12-17/h5-8,10,12,16H,4,9,11,13H2,1-3H3. The van der Waals surface area contributed by atoms with Crippen molar-refractivity contribution >= 4 is 21.2 Å². The van der Waals surface area contributed by atoms with E-state index in [1.54, 1.807) is 22.6 Å². The van der Waals surface area contributed by atoms with E-state index in [4.69, 9.17) is 4.98 Å². The van der Waals surface area contributed by atoms with Gasteiger partial charge in [0.1, 0.15) is 11.3 Å². The molecule has 4 rings (SSSR count). The SMILES string of the molecule is CCn1c(C2CCN(S(=O)(=O)c3ccc(C)c(C)c3)C2)nc2cccnc21. The van der Waals surface area contributed by atoms with Gasteiger partial charge in [-0.2, -0.15) is 4.31 Å². The maximum atomic E-state index is 13.1. The molecular formula is C20H24N4O2S. The minimum absolute atomic E-state index is 0.0838. The number of benzene rings is 1. The largest absolute Gasteiger partial charge is 0.313 e. The Bertz CT molecular complexity index is 1100. The molecule has 27 heavy (non-hydrogen) atoms. The van der Waals surface area contributed by atoms with E-state index in [-0.39, 0.29) is 5.92 Å². The zero-order chi connectivity index (χ0) is 19.2. The maximum Gasteiger partial charge on any atom is 0.243 e. The molecule has 0 radical (unpaired) electrons.